The maximum absolute atomic E-state index is 11.9. The third-order valence-electron chi connectivity index (χ3n) is 11.1. The van der Waals surface area contributed by atoms with E-state index in [0.717, 1.165) is 75.8 Å². The first kappa shape index (κ1) is 32.6. The number of hydrogen-bond acceptors (Lipinski definition) is 10. The number of alkyl carbamates (subject to hydrolysis) is 1. The van der Waals surface area contributed by atoms with E-state index in [-0.39, 0.29) is 11.8 Å². The van der Waals surface area contributed by atoms with Gasteiger partial charge in [0, 0.05) is 43.5 Å². The lowest BCUT2D eigenvalue weighted by molar-refractivity contribution is 0.0525. The van der Waals surface area contributed by atoms with Crippen molar-refractivity contribution >= 4 is 17.6 Å². The average molecular weight is 655 g/mol. The monoisotopic (exact) mass is 654 g/mol. The highest BCUT2D eigenvalue weighted by atomic mass is 16.6. The standard InChI is InChI=1S/C37H50N8O3/c1-37(2,3)48-36(47)39-12-6-13-44-14-9-23(10-15-44)27-20-40-35(41-21-27)33-24-11-16-45(22-26-18-25(17-24)32(26)33)30-19-29(42-43-34(30)38)28-7-4-5-8-31(28)46/h4-5,7-8,19-21,23-26,32-33,46H,6,9-18,22H2,1-3H3,(H2,38,43)(H,39,47). The molecule has 2 saturated carbocycles. The number of aromatic hydroxyl groups is 1. The number of fused-ring (bicyclic) bond motifs is 1. The number of benzene rings is 1. The Morgan fingerprint density at radius 1 is 1.02 bits per heavy atom. The summed E-state index contributed by atoms with van der Waals surface area (Å²) in [6.07, 6.45) is 10.6. The number of amides is 1. The smallest absolute Gasteiger partial charge is 0.407 e. The van der Waals surface area contributed by atoms with Crippen molar-refractivity contribution in [1.82, 2.24) is 30.4 Å². The number of carbonyl (C=O) groups is 1. The molecule has 2 saturated heterocycles. The van der Waals surface area contributed by atoms with Gasteiger partial charge in [-0.2, -0.15) is 0 Å². The number of nitrogens with two attached hydrogens (primary N) is 1. The van der Waals surface area contributed by atoms with E-state index in [2.05, 4.69) is 37.7 Å². The zero-order valence-electron chi connectivity index (χ0n) is 28.5. The SMILES string of the molecule is CC(C)(C)OC(=O)NCCCN1CCC(c2cnc(C3C4CCN(c5cc(-c6ccccc6O)nnc5N)CC5CC(C4)C53)nc2)CC1. The van der Waals surface area contributed by atoms with Crippen LogP contribution in [0.5, 0.6) is 5.75 Å². The largest absolute Gasteiger partial charge is 0.507 e. The van der Waals surface area contributed by atoms with Crippen LogP contribution in [0.1, 0.15) is 82.5 Å². The molecule has 2 aromatic heterocycles. The summed E-state index contributed by atoms with van der Waals surface area (Å²) < 4.78 is 5.33. The average Bonchev–Trinajstić information content (AvgIpc) is 3.42. The third kappa shape index (κ3) is 6.92. The summed E-state index contributed by atoms with van der Waals surface area (Å²) >= 11 is 0. The van der Waals surface area contributed by atoms with Gasteiger partial charge >= 0.3 is 6.09 Å². The van der Waals surface area contributed by atoms with Gasteiger partial charge in [-0.3, -0.25) is 0 Å². The number of carbonyl (C=O) groups excluding carboxylic acids is 1. The molecule has 2 aliphatic carbocycles. The van der Waals surface area contributed by atoms with Crippen molar-refractivity contribution in [2.24, 2.45) is 23.7 Å². The van der Waals surface area contributed by atoms with Crippen LogP contribution < -0.4 is 16.0 Å². The molecule has 4 aliphatic rings. The third-order valence-corrected chi connectivity index (χ3v) is 11.1. The van der Waals surface area contributed by atoms with Crippen molar-refractivity contribution in [2.75, 3.05) is 49.9 Å². The molecule has 5 atom stereocenters. The number of nitrogen functional groups attached to an aromatic ring is 1. The number of likely N-dealkylation sites (tertiary alicyclic amines) is 1. The van der Waals surface area contributed by atoms with Crippen LogP contribution in [0.2, 0.25) is 0 Å². The number of anilines is 2. The number of ether oxygens (including phenoxy) is 1. The number of piperidine rings is 1. The van der Waals surface area contributed by atoms with Crippen LogP contribution in [0.3, 0.4) is 0 Å². The van der Waals surface area contributed by atoms with E-state index in [1.807, 2.05) is 45.0 Å². The van der Waals surface area contributed by atoms with Crippen LogP contribution in [0, 0.1) is 23.7 Å². The minimum atomic E-state index is -0.471. The highest BCUT2D eigenvalue weighted by Crippen LogP contribution is 2.61. The van der Waals surface area contributed by atoms with Gasteiger partial charge in [-0.25, -0.2) is 14.8 Å². The molecular weight excluding hydrogens is 604 g/mol. The summed E-state index contributed by atoms with van der Waals surface area (Å²) in [5.74, 6) is 5.06. The van der Waals surface area contributed by atoms with Crippen LogP contribution in [0.15, 0.2) is 42.7 Å². The molecule has 3 aromatic rings. The lowest BCUT2D eigenvalue weighted by atomic mass is 9.63. The molecular formula is C37H50N8O3. The van der Waals surface area contributed by atoms with E-state index in [4.69, 9.17) is 20.4 Å². The molecule has 1 amide bonds. The van der Waals surface area contributed by atoms with Gasteiger partial charge in [-0.15, -0.1) is 10.2 Å². The first-order chi connectivity index (χ1) is 23.1. The van der Waals surface area contributed by atoms with Crippen LogP contribution >= 0.6 is 0 Å². The van der Waals surface area contributed by atoms with Gasteiger partial charge in [0.2, 0.25) is 0 Å². The molecule has 4 fully saturated rings. The second-order valence-electron chi connectivity index (χ2n) is 15.4. The fourth-order valence-corrected chi connectivity index (χ4v) is 8.87. The van der Waals surface area contributed by atoms with Crippen molar-refractivity contribution in [2.45, 2.75) is 76.7 Å². The Morgan fingerprint density at radius 3 is 2.52 bits per heavy atom. The highest BCUT2D eigenvalue weighted by Gasteiger charge is 2.56. The number of phenolic OH excluding ortho intramolecular Hbond substituents is 1. The Kier molecular flexibility index (Phi) is 9.15. The summed E-state index contributed by atoms with van der Waals surface area (Å²) in [4.78, 5) is 26.9. The molecule has 5 unspecified atom stereocenters. The Balaban J connectivity index is 0.941. The van der Waals surface area contributed by atoms with Gasteiger partial charge < -0.3 is 30.7 Å². The van der Waals surface area contributed by atoms with Crippen LogP contribution in [-0.2, 0) is 4.74 Å². The van der Waals surface area contributed by atoms with Crippen LogP contribution in [0.4, 0.5) is 16.3 Å². The molecule has 48 heavy (non-hydrogen) atoms. The topological polar surface area (TPSA) is 143 Å². The first-order valence-electron chi connectivity index (χ1n) is 17.8. The molecule has 2 aliphatic heterocycles. The number of aromatic nitrogens is 4. The van der Waals surface area contributed by atoms with Crippen molar-refractivity contribution in [1.29, 1.82) is 0 Å². The second kappa shape index (κ2) is 13.5. The lowest BCUT2D eigenvalue weighted by Crippen LogP contribution is -2.45. The Bertz CT molecular complexity index is 1590. The summed E-state index contributed by atoms with van der Waals surface area (Å²) in [6.45, 7) is 11.2. The van der Waals surface area contributed by atoms with Gasteiger partial charge in [0.25, 0.3) is 0 Å². The lowest BCUT2D eigenvalue weighted by Gasteiger charge is -2.47. The van der Waals surface area contributed by atoms with E-state index in [9.17, 15) is 9.90 Å². The summed E-state index contributed by atoms with van der Waals surface area (Å²) in [6, 6.07) is 9.23. The first-order valence-corrected chi connectivity index (χ1v) is 17.8. The molecule has 0 radical (unpaired) electrons. The maximum Gasteiger partial charge on any atom is 0.407 e. The zero-order chi connectivity index (χ0) is 33.4. The van der Waals surface area contributed by atoms with Crippen molar-refractivity contribution < 1.29 is 14.6 Å². The number of rotatable bonds is 8. The van der Waals surface area contributed by atoms with Crippen molar-refractivity contribution in [3.05, 3.63) is 54.1 Å². The fraction of sp³-hybridized carbons (Fsp3) is 0.595. The molecule has 11 nitrogen and oxygen atoms in total. The molecule has 4 heterocycles. The molecule has 4 N–H and O–H groups in total. The number of nitrogens with one attached hydrogen (secondary N) is 1. The fourth-order valence-electron chi connectivity index (χ4n) is 8.87. The summed E-state index contributed by atoms with van der Waals surface area (Å²) in [7, 11) is 0. The van der Waals surface area contributed by atoms with Crippen LogP contribution in [0.25, 0.3) is 11.3 Å². The predicted octanol–water partition coefficient (Wildman–Crippen LogP) is 5.58. The van der Waals surface area contributed by atoms with Crippen molar-refractivity contribution in [3.63, 3.8) is 0 Å². The molecule has 0 spiro atoms. The van der Waals surface area contributed by atoms with Gasteiger partial charge in [-0.1, -0.05) is 12.1 Å². The minimum absolute atomic E-state index is 0.191. The van der Waals surface area contributed by atoms with Crippen LogP contribution in [-0.4, -0.2) is 81.1 Å². The highest BCUT2D eigenvalue weighted by molar-refractivity contribution is 5.74. The van der Waals surface area contributed by atoms with E-state index in [1.165, 1.54) is 18.4 Å². The van der Waals surface area contributed by atoms with Gasteiger partial charge in [0.1, 0.15) is 17.2 Å². The zero-order valence-corrected chi connectivity index (χ0v) is 28.5. The van der Waals surface area contributed by atoms with Gasteiger partial charge in [0.15, 0.2) is 5.82 Å². The number of nitrogens with zero attached hydrogens (tertiary/aromatic N) is 6. The second-order valence-corrected chi connectivity index (χ2v) is 15.4. The van der Waals surface area contributed by atoms with E-state index < -0.39 is 5.60 Å². The maximum atomic E-state index is 11.9. The predicted molar refractivity (Wildman–Crippen MR) is 186 cm³/mol. The Labute approximate surface area is 283 Å². The minimum Gasteiger partial charge on any atom is -0.507 e. The van der Waals surface area contributed by atoms with E-state index >= 15 is 0 Å². The molecule has 7 rings (SSSR count). The van der Waals surface area contributed by atoms with E-state index in [1.54, 1.807) is 6.07 Å². The van der Waals surface area contributed by atoms with Crippen molar-refractivity contribution in [3.8, 4) is 17.0 Å². The number of para-hydroxylation sites is 1. The Hall–Kier alpha value is -3.99. The molecule has 1 aromatic carbocycles. The summed E-state index contributed by atoms with van der Waals surface area (Å²) in [5, 5.41) is 21.9. The quantitative estimate of drug-likeness (QED) is 0.264. The van der Waals surface area contributed by atoms with Gasteiger partial charge in [0.05, 0.1) is 11.4 Å². The molecule has 256 valence electrons. The molecule has 2 bridgehead atoms. The van der Waals surface area contributed by atoms with E-state index in [0.29, 0.717) is 53.2 Å². The molecule has 11 heteroatoms. The normalized spacial score (nSPS) is 26.0. The summed E-state index contributed by atoms with van der Waals surface area (Å²) in [5.41, 5.74) is 9.41. The number of hydrogen-bond donors (Lipinski definition) is 3. The Morgan fingerprint density at radius 2 is 1.77 bits per heavy atom. The number of phenols is 1. The van der Waals surface area contributed by atoms with Gasteiger partial charge in [-0.05, 0) is 132 Å².